The van der Waals surface area contributed by atoms with Gasteiger partial charge in [0.25, 0.3) is 0 Å². The Morgan fingerprint density at radius 1 is 1.38 bits per heavy atom. The molecule has 2 bridgehead atoms. The molecule has 4 nitrogen and oxygen atoms in total. The van der Waals surface area contributed by atoms with Crippen LogP contribution in [0.1, 0.15) is 5.76 Å². The van der Waals surface area contributed by atoms with E-state index in [1.807, 2.05) is 12.1 Å². The molecule has 2 fully saturated rings. The minimum Gasteiger partial charge on any atom is -0.468 e. The molecule has 1 aromatic heterocycles. The quantitative estimate of drug-likeness (QED) is 0.788. The summed E-state index contributed by atoms with van der Waals surface area (Å²) >= 11 is 0. The van der Waals surface area contributed by atoms with E-state index in [1.54, 1.807) is 6.26 Å². The van der Waals surface area contributed by atoms with Crippen molar-refractivity contribution in [2.75, 3.05) is 26.2 Å². The van der Waals surface area contributed by atoms with Gasteiger partial charge in [0, 0.05) is 38.0 Å². The molecule has 86 valence electrons. The normalized spacial score (nSPS) is 30.6. The minimum absolute atomic E-state index is 0.183. The maximum absolute atomic E-state index is 11.9. The third-order valence-corrected chi connectivity index (χ3v) is 3.50. The minimum atomic E-state index is 0.183. The van der Waals surface area contributed by atoms with Crippen LogP contribution in [0.3, 0.4) is 0 Å². The Morgan fingerprint density at radius 3 is 2.75 bits per heavy atom. The van der Waals surface area contributed by atoms with Crippen LogP contribution in [0.25, 0.3) is 0 Å². The second-order valence-electron chi connectivity index (χ2n) is 4.73. The Labute approximate surface area is 94.6 Å². The second-order valence-corrected chi connectivity index (χ2v) is 4.73. The molecular weight excluding hydrogens is 204 g/mol. The van der Waals surface area contributed by atoms with E-state index in [1.165, 1.54) is 0 Å². The zero-order valence-electron chi connectivity index (χ0n) is 9.19. The van der Waals surface area contributed by atoms with Gasteiger partial charge in [-0.25, -0.2) is 0 Å². The Kier molecular flexibility index (Phi) is 2.53. The van der Waals surface area contributed by atoms with Gasteiger partial charge in [-0.3, -0.25) is 9.69 Å². The van der Waals surface area contributed by atoms with Gasteiger partial charge in [-0.1, -0.05) is 0 Å². The molecule has 1 aromatic rings. The number of carbonyl (C=O) groups is 1. The standard InChI is InChI=1S/C12H16N2O2/c15-12-9-4-13-5-10(12)7-14(6-9)8-11-2-1-3-16-11/h1-3,9-10,13H,4-8H2. The highest BCUT2D eigenvalue weighted by atomic mass is 16.3. The van der Waals surface area contributed by atoms with Crippen molar-refractivity contribution < 1.29 is 9.21 Å². The molecule has 0 spiro atoms. The van der Waals surface area contributed by atoms with Crippen molar-refractivity contribution in [3.8, 4) is 0 Å². The van der Waals surface area contributed by atoms with Crippen molar-refractivity contribution in [1.82, 2.24) is 10.2 Å². The molecule has 2 aliphatic heterocycles. The molecule has 2 aliphatic rings. The molecule has 2 saturated heterocycles. The van der Waals surface area contributed by atoms with E-state index in [-0.39, 0.29) is 11.8 Å². The number of hydrogen-bond donors (Lipinski definition) is 1. The summed E-state index contributed by atoms with van der Waals surface area (Å²) in [5.74, 6) is 1.81. The highest BCUT2D eigenvalue weighted by Crippen LogP contribution is 2.22. The smallest absolute Gasteiger partial charge is 0.144 e. The summed E-state index contributed by atoms with van der Waals surface area (Å²) in [7, 11) is 0. The fourth-order valence-corrected chi connectivity index (χ4v) is 2.73. The molecule has 2 atom stereocenters. The van der Waals surface area contributed by atoms with Crippen LogP contribution in [0.15, 0.2) is 22.8 Å². The van der Waals surface area contributed by atoms with Gasteiger partial charge in [0.1, 0.15) is 11.5 Å². The van der Waals surface area contributed by atoms with E-state index in [4.69, 9.17) is 4.42 Å². The zero-order chi connectivity index (χ0) is 11.0. The number of likely N-dealkylation sites (tertiary alicyclic amines) is 1. The van der Waals surface area contributed by atoms with Gasteiger partial charge in [0.15, 0.2) is 0 Å². The molecule has 3 heterocycles. The molecule has 2 unspecified atom stereocenters. The van der Waals surface area contributed by atoms with Crippen LogP contribution in [0.4, 0.5) is 0 Å². The van der Waals surface area contributed by atoms with Crippen LogP contribution < -0.4 is 5.32 Å². The van der Waals surface area contributed by atoms with Gasteiger partial charge in [0.2, 0.25) is 0 Å². The maximum Gasteiger partial charge on any atom is 0.144 e. The number of nitrogens with zero attached hydrogens (tertiary/aromatic N) is 1. The summed E-state index contributed by atoms with van der Waals surface area (Å²) in [6.45, 7) is 4.23. The van der Waals surface area contributed by atoms with Crippen LogP contribution in [-0.2, 0) is 11.3 Å². The van der Waals surface area contributed by atoms with Crippen molar-refractivity contribution >= 4 is 5.78 Å². The molecular formula is C12H16N2O2. The second kappa shape index (κ2) is 4.03. The van der Waals surface area contributed by atoms with Gasteiger partial charge in [-0.15, -0.1) is 0 Å². The van der Waals surface area contributed by atoms with Crippen LogP contribution in [-0.4, -0.2) is 36.9 Å². The first-order valence-corrected chi connectivity index (χ1v) is 5.82. The third-order valence-electron chi connectivity index (χ3n) is 3.50. The largest absolute Gasteiger partial charge is 0.468 e. The number of piperidine rings is 2. The topological polar surface area (TPSA) is 45.5 Å². The van der Waals surface area contributed by atoms with E-state index in [0.717, 1.165) is 38.5 Å². The van der Waals surface area contributed by atoms with Crippen molar-refractivity contribution in [2.45, 2.75) is 6.54 Å². The molecule has 0 aliphatic carbocycles. The van der Waals surface area contributed by atoms with Crippen molar-refractivity contribution in [3.63, 3.8) is 0 Å². The van der Waals surface area contributed by atoms with E-state index in [0.29, 0.717) is 5.78 Å². The Hall–Kier alpha value is -1.13. The van der Waals surface area contributed by atoms with Crippen molar-refractivity contribution in [2.24, 2.45) is 11.8 Å². The number of Topliss-reactive ketones (excluding diaryl/α,β-unsaturated/α-hetero) is 1. The number of furan rings is 1. The van der Waals surface area contributed by atoms with Crippen LogP contribution in [0, 0.1) is 11.8 Å². The van der Waals surface area contributed by atoms with Crippen molar-refractivity contribution in [1.29, 1.82) is 0 Å². The average molecular weight is 220 g/mol. The molecule has 0 radical (unpaired) electrons. The van der Waals surface area contributed by atoms with Crippen LogP contribution in [0.5, 0.6) is 0 Å². The third kappa shape index (κ3) is 1.79. The molecule has 0 amide bonds. The van der Waals surface area contributed by atoms with E-state index in [9.17, 15) is 4.79 Å². The maximum atomic E-state index is 11.9. The van der Waals surface area contributed by atoms with Gasteiger partial charge in [-0.05, 0) is 12.1 Å². The van der Waals surface area contributed by atoms with E-state index >= 15 is 0 Å². The predicted octanol–water partition coefficient (Wildman–Crippen LogP) is 0.500. The van der Waals surface area contributed by atoms with Crippen LogP contribution >= 0.6 is 0 Å². The molecule has 16 heavy (non-hydrogen) atoms. The Balaban J connectivity index is 1.68. The van der Waals surface area contributed by atoms with E-state index in [2.05, 4.69) is 10.2 Å². The van der Waals surface area contributed by atoms with E-state index < -0.39 is 0 Å². The van der Waals surface area contributed by atoms with Gasteiger partial charge in [-0.2, -0.15) is 0 Å². The lowest BCUT2D eigenvalue weighted by Crippen LogP contribution is -2.56. The van der Waals surface area contributed by atoms with Crippen molar-refractivity contribution in [3.05, 3.63) is 24.2 Å². The number of rotatable bonds is 2. The van der Waals surface area contributed by atoms with Crippen LogP contribution in [0.2, 0.25) is 0 Å². The summed E-state index contributed by atoms with van der Waals surface area (Å²) < 4.78 is 5.34. The summed E-state index contributed by atoms with van der Waals surface area (Å²) in [4.78, 5) is 14.2. The Morgan fingerprint density at radius 2 is 2.12 bits per heavy atom. The summed E-state index contributed by atoms with van der Waals surface area (Å²) in [6.07, 6.45) is 1.70. The van der Waals surface area contributed by atoms with Gasteiger partial charge >= 0.3 is 0 Å². The molecule has 0 saturated carbocycles. The lowest BCUT2D eigenvalue weighted by Gasteiger charge is -2.40. The first kappa shape index (κ1) is 10.1. The zero-order valence-corrected chi connectivity index (χ0v) is 9.19. The number of carbonyl (C=O) groups excluding carboxylic acids is 1. The SMILES string of the molecule is O=C1C2CNCC1CN(Cc1ccco1)C2. The lowest BCUT2D eigenvalue weighted by atomic mass is 9.84. The average Bonchev–Trinajstić information content (AvgIpc) is 2.72. The summed E-state index contributed by atoms with van der Waals surface area (Å²) in [5.41, 5.74) is 0. The fourth-order valence-electron chi connectivity index (χ4n) is 2.73. The number of nitrogens with one attached hydrogen (secondary N) is 1. The lowest BCUT2D eigenvalue weighted by molar-refractivity contribution is -0.133. The molecule has 3 rings (SSSR count). The summed E-state index contributed by atoms with van der Waals surface area (Å²) in [6, 6.07) is 3.90. The highest BCUT2D eigenvalue weighted by Gasteiger charge is 2.37. The predicted molar refractivity (Wildman–Crippen MR) is 58.8 cm³/mol. The number of ketones is 1. The molecule has 0 aromatic carbocycles. The molecule has 4 heteroatoms. The first-order valence-electron chi connectivity index (χ1n) is 5.82. The fraction of sp³-hybridized carbons (Fsp3) is 0.583. The first-order chi connectivity index (χ1) is 7.83. The van der Waals surface area contributed by atoms with Gasteiger partial charge < -0.3 is 9.73 Å². The number of hydrogen-bond acceptors (Lipinski definition) is 4. The van der Waals surface area contributed by atoms with Gasteiger partial charge in [0.05, 0.1) is 12.8 Å². The number of fused-ring (bicyclic) bond motifs is 2. The summed E-state index contributed by atoms with van der Waals surface area (Å²) in [5, 5.41) is 3.33. The molecule has 1 N–H and O–H groups in total. The Bertz CT molecular complexity index is 358. The highest BCUT2D eigenvalue weighted by molar-refractivity contribution is 5.85. The monoisotopic (exact) mass is 220 g/mol.